The maximum atomic E-state index is 12.1. The van der Waals surface area contributed by atoms with Gasteiger partial charge in [-0.1, -0.05) is 35.9 Å². The number of nitro benzene ring substituents is 1. The zero-order valence-corrected chi connectivity index (χ0v) is 13.2. The van der Waals surface area contributed by atoms with Gasteiger partial charge in [-0.25, -0.2) is 0 Å². The van der Waals surface area contributed by atoms with Gasteiger partial charge >= 0.3 is 0 Å². The molecule has 0 fully saturated rings. The minimum Gasteiger partial charge on any atom is -0.338 e. The Bertz CT molecular complexity index is 759. The van der Waals surface area contributed by atoms with Gasteiger partial charge in [-0.05, 0) is 29.8 Å². The van der Waals surface area contributed by atoms with E-state index in [-0.39, 0.29) is 11.6 Å². The molecule has 0 saturated heterocycles. The summed E-state index contributed by atoms with van der Waals surface area (Å²) in [5, 5.41) is 11.5. The first kappa shape index (κ1) is 16.7. The molecule has 0 saturated carbocycles. The largest absolute Gasteiger partial charge is 0.338 e. The van der Waals surface area contributed by atoms with E-state index in [1.54, 1.807) is 37.4 Å². The van der Waals surface area contributed by atoms with Crippen LogP contribution < -0.4 is 0 Å². The Morgan fingerprint density at radius 1 is 1.26 bits per heavy atom. The van der Waals surface area contributed by atoms with Crippen molar-refractivity contribution in [3.05, 3.63) is 80.9 Å². The van der Waals surface area contributed by atoms with Crippen LogP contribution in [0.3, 0.4) is 0 Å². The van der Waals surface area contributed by atoms with Gasteiger partial charge in [0, 0.05) is 30.8 Å². The minimum absolute atomic E-state index is 0.0333. The van der Waals surface area contributed by atoms with Gasteiger partial charge in [-0.2, -0.15) is 0 Å². The summed E-state index contributed by atoms with van der Waals surface area (Å²) in [5.74, 6) is -0.247. The molecule has 0 unspecified atom stereocenters. The van der Waals surface area contributed by atoms with E-state index in [0.29, 0.717) is 17.1 Å². The van der Waals surface area contributed by atoms with Crippen LogP contribution in [-0.4, -0.2) is 22.8 Å². The second-order valence-corrected chi connectivity index (χ2v) is 5.41. The predicted molar refractivity (Wildman–Crippen MR) is 90.1 cm³/mol. The second-order valence-electron chi connectivity index (χ2n) is 4.97. The molecule has 0 aliphatic carbocycles. The molecule has 2 aromatic rings. The highest BCUT2D eigenvalue weighted by Crippen LogP contribution is 2.19. The Morgan fingerprint density at radius 2 is 2.00 bits per heavy atom. The monoisotopic (exact) mass is 330 g/mol. The highest BCUT2D eigenvalue weighted by atomic mass is 35.5. The lowest BCUT2D eigenvalue weighted by Gasteiger charge is -2.15. The SMILES string of the molecule is CN(Cc1cccc(Cl)c1)C(=O)/C=C/c1ccccc1[N+](=O)[O-]. The number of carbonyl (C=O) groups excluding carboxylic acids is 1. The normalized spacial score (nSPS) is 10.7. The maximum Gasteiger partial charge on any atom is 0.276 e. The molecular weight excluding hydrogens is 316 g/mol. The smallest absolute Gasteiger partial charge is 0.276 e. The third-order valence-corrected chi connectivity index (χ3v) is 3.46. The lowest BCUT2D eigenvalue weighted by atomic mass is 10.1. The van der Waals surface area contributed by atoms with Gasteiger partial charge in [-0.15, -0.1) is 0 Å². The fourth-order valence-corrected chi connectivity index (χ4v) is 2.28. The van der Waals surface area contributed by atoms with Crippen molar-refractivity contribution < 1.29 is 9.72 Å². The number of hydrogen-bond donors (Lipinski definition) is 0. The summed E-state index contributed by atoms with van der Waals surface area (Å²) in [4.78, 5) is 24.1. The molecule has 6 heteroatoms. The zero-order valence-electron chi connectivity index (χ0n) is 12.5. The van der Waals surface area contributed by atoms with Gasteiger partial charge < -0.3 is 4.90 Å². The number of nitro groups is 1. The number of halogens is 1. The van der Waals surface area contributed by atoms with E-state index in [1.165, 1.54) is 23.1 Å². The minimum atomic E-state index is -0.472. The molecule has 0 heterocycles. The average Bonchev–Trinajstić information content (AvgIpc) is 2.52. The molecule has 23 heavy (non-hydrogen) atoms. The first-order chi connectivity index (χ1) is 11.0. The molecule has 0 bridgehead atoms. The zero-order chi connectivity index (χ0) is 16.8. The summed E-state index contributed by atoms with van der Waals surface area (Å²) in [6, 6.07) is 13.5. The Hall–Kier alpha value is -2.66. The third-order valence-electron chi connectivity index (χ3n) is 3.22. The summed E-state index contributed by atoms with van der Waals surface area (Å²) >= 11 is 5.91. The molecule has 0 atom stereocenters. The van der Waals surface area contributed by atoms with Crippen molar-refractivity contribution in [3.63, 3.8) is 0 Å². The van der Waals surface area contributed by atoms with E-state index in [4.69, 9.17) is 11.6 Å². The number of hydrogen-bond acceptors (Lipinski definition) is 3. The second kappa shape index (κ2) is 7.56. The topological polar surface area (TPSA) is 63.5 Å². The van der Waals surface area contributed by atoms with Crippen LogP contribution in [0, 0.1) is 10.1 Å². The molecular formula is C17H15ClN2O3. The lowest BCUT2D eigenvalue weighted by Crippen LogP contribution is -2.24. The maximum absolute atomic E-state index is 12.1. The molecule has 0 radical (unpaired) electrons. The van der Waals surface area contributed by atoms with Crippen molar-refractivity contribution >= 4 is 29.3 Å². The van der Waals surface area contributed by atoms with Crippen molar-refractivity contribution in [1.82, 2.24) is 4.90 Å². The van der Waals surface area contributed by atoms with Crippen LogP contribution in [0.1, 0.15) is 11.1 Å². The van der Waals surface area contributed by atoms with E-state index < -0.39 is 4.92 Å². The molecule has 0 spiro atoms. The quantitative estimate of drug-likeness (QED) is 0.474. The third kappa shape index (κ3) is 4.66. The number of carbonyl (C=O) groups is 1. The highest BCUT2D eigenvalue weighted by molar-refractivity contribution is 6.30. The summed E-state index contributed by atoms with van der Waals surface area (Å²) in [6.45, 7) is 0.403. The van der Waals surface area contributed by atoms with Crippen LogP contribution in [0.25, 0.3) is 6.08 Å². The average molecular weight is 331 g/mol. The predicted octanol–water partition coefficient (Wildman–Crippen LogP) is 3.92. The van der Waals surface area contributed by atoms with Crippen LogP contribution in [0.5, 0.6) is 0 Å². The molecule has 2 aromatic carbocycles. The molecule has 118 valence electrons. The van der Waals surface area contributed by atoms with Gasteiger partial charge in [-0.3, -0.25) is 14.9 Å². The van der Waals surface area contributed by atoms with Gasteiger partial charge in [0.05, 0.1) is 10.5 Å². The number of amides is 1. The van der Waals surface area contributed by atoms with E-state index in [0.717, 1.165) is 5.56 Å². The van der Waals surface area contributed by atoms with Gasteiger partial charge in [0.1, 0.15) is 0 Å². The van der Waals surface area contributed by atoms with Crippen LogP contribution in [0.2, 0.25) is 5.02 Å². The molecule has 0 N–H and O–H groups in total. The standard InChI is InChI=1S/C17H15ClN2O3/c1-19(12-13-5-4-7-15(18)11-13)17(21)10-9-14-6-2-3-8-16(14)20(22)23/h2-11H,12H2,1H3/b10-9+. The Balaban J connectivity index is 2.08. The van der Waals surface area contributed by atoms with E-state index in [2.05, 4.69) is 0 Å². The van der Waals surface area contributed by atoms with Crippen LogP contribution in [0.15, 0.2) is 54.6 Å². The fraction of sp³-hybridized carbons (Fsp3) is 0.118. The van der Waals surface area contributed by atoms with Crippen LogP contribution >= 0.6 is 11.6 Å². The Kier molecular flexibility index (Phi) is 5.49. The number of benzene rings is 2. The number of nitrogens with zero attached hydrogens (tertiary/aromatic N) is 2. The van der Waals surface area contributed by atoms with Crippen molar-refractivity contribution in [1.29, 1.82) is 0 Å². The lowest BCUT2D eigenvalue weighted by molar-refractivity contribution is -0.385. The molecule has 2 rings (SSSR count). The molecule has 1 amide bonds. The number of likely N-dealkylation sites (N-methyl/N-ethyl adjacent to an activating group) is 1. The van der Waals surface area contributed by atoms with Crippen LogP contribution in [-0.2, 0) is 11.3 Å². The van der Waals surface area contributed by atoms with Crippen LogP contribution in [0.4, 0.5) is 5.69 Å². The van der Waals surface area contributed by atoms with Crippen molar-refractivity contribution in [2.75, 3.05) is 7.05 Å². The van der Waals surface area contributed by atoms with Crippen molar-refractivity contribution in [2.24, 2.45) is 0 Å². The van der Waals surface area contributed by atoms with E-state index in [1.807, 2.05) is 12.1 Å². The summed E-state index contributed by atoms with van der Waals surface area (Å²) in [7, 11) is 1.66. The number of para-hydroxylation sites is 1. The Morgan fingerprint density at radius 3 is 2.70 bits per heavy atom. The first-order valence-corrected chi connectivity index (χ1v) is 7.26. The molecule has 0 aliphatic heterocycles. The molecule has 5 nitrogen and oxygen atoms in total. The molecule has 0 aromatic heterocycles. The fourth-order valence-electron chi connectivity index (χ4n) is 2.07. The molecule has 0 aliphatic rings. The van der Waals surface area contributed by atoms with Gasteiger partial charge in [0.15, 0.2) is 0 Å². The summed E-state index contributed by atoms with van der Waals surface area (Å²) in [5.41, 5.74) is 1.27. The van der Waals surface area contributed by atoms with Gasteiger partial charge in [0.25, 0.3) is 5.69 Å². The van der Waals surface area contributed by atoms with Crippen molar-refractivity contribution in [2.45, 2.75) is 6.54 Å². The van der Waals surface area contributed by atoms with E-state index >= 15 is 0 Å². The number of rotatable bonds is 5. The van der Waals surface area contributed by atoms with Gasteiger partial charge in [0.2, 0.25) is 5.91 Å². The summed E-state index contributed by atoms with van der Waals surface area (Å²) < 4.78 is 0. The highest BCUT2D eigenvalue weighted by Gasteiger charge is 2.11. The van der Waals surface area contributed by atoms with E-state index in [9.17, 15) is 14.9 Å². The Labute approximate surface area is 139 Å². The first-order valence-electron chi connectivity index (χ1n) is 6.88. The summed E-state index contributed by atoms with van der Waals surface area (Å²) in [6.07, 6.45) is 2.78. The van der Waals surface area contributed by atoms with Crippen molar-refractivity contribution in [3.8, 4) is 0 Å².